The molecule has 0 aliphatic rings. The van der Waals surface area contributed by atoms with Gasteiger partial charge >= 0.3 is 0 Å². The molecule has 0 atom stereocenters. The Bertz CT molecular complexity index is 531. The Morgan fingerprint density at radius 1 is 1.28 bits per heavy atom. The third kappa shape index (κ3) is 3.14. The fraction of sp³-hybridized carbons (Fsp3) is 0.333. The van der Waals surface area contributed by atoms with Gasteiger partial charge in [-0.1, -0.05) is 49.2 Å². The Hall–Kier alpha value is -0.830. The molecule has 18 heavy (non-hydrogen) atoms. The van der Waals surface area contributed by atoms with Gasteiger partial charge in [0, 0.05) is 12.6 Å². The Morgan fingerprint density at radius 3 is 2.67 bits per heavy atom. The summed E-state index contributed by atoms with van der Waals surface area (Å²) in [6.45, 7) is 7.31. The molecule has 0 radical (unpaired) electrons. The minimum Gasteiger partial charge on any atom is -0.310 e. The van der Waals surface area contributed by atoms with Crippen LogP contribution in [0.15, 0.2) is 29.6 Å². The monoisotopic (exact) mass is 279 g/mol. The summed E-state index contributed by atoms with van der Waals surface area (Å²) in [6.07, 6.45) is 0. The summed E-state index contributed by atoms with van der Waals surface area (Å²) in [6, 6.07) is 9.01. The molecule has 1 heterocycles. The standard InChI is InChI=1S/C15H18ClNS/c1-10(2)17-9-12-5-4-11(3)8-13(12)15-14(16)6-7-18-15/h4-8,10,17H,9H2,1-3H3. The van der Waals surface area contributed by atoms with Gasteiger partial charge < -0.3 is 5.32 Å². The lowest BCUT2D eigenvalue weighted by molar-refractivity contribution is 0.589. The van der Waals surface area contributed by atoms with Crippen molar-refractivity contribution in [2.75, 3.05) is 0 Å². The highest BCUT2D eigenvalue weighted by Gasteiger charge is 2.10. The van der Waals surface area contributed by atoms with Gasteiger partial charge in [-0.05, 0) is 29.5 Å². The zero-order valence-electron chi connectivity index (χ0n) is 11.0. The molecule has 0 aliphatic heterocycles. The van der Waals surface area contributed by atoms with Gasteiger partial charge in [-0.3, -0.25) is 0 Å². The number of hydrogen-bond acceptors (Lipinski definition) is 2. The van der Waals surface area contributed by atoms with E-state index in [2.05, 4.69) is 44.3 Å². The fourth-order valence-corrected chi connectivity index (χ4v) is 3.07. The van der Waals surface area contributed by atoms with Gasteiger partial charge in [-0.25, -0.2) is 0 Å². The van der Waals surface area contributed by atoms with E-state index in [1.165, 1.54) is 21.6 Å². The molecule has 0 unspecified atom stereocenters. The summed E-state index contributed by atoms with van der Waals surface area (Å²) in [5.41, 5.74) is 3.82. The largest absolute Gasteiger partial charge is 0.310 e. The molecule has 0 spiro atoms. The smallest absolute Gasteiger partial charge is 0.0592 e. The van der Waals surface area contributed by atoms with Crippen molar-refractivity contribution in [3.05, 3.63) is 45.8 Å². The van der Waals surface area contributed by atoms with Crippen molar-refractivity contribution in [1.82, 2.24) is 5.32 Å². The van der Waals surface area contributed by atoms with Crippen LogP contribution in [-0.4, -0.2) is 6.04 Å². The summed E-state index contributed by atoms with van der Waals surface area (Å²) < 4.78 is 0. The predicted molar refractivity (Wildman–Crippen MR) is 81.5 cm³/mol. The Kier molecular flexibility index (Phi) is 4.44. The number of hydrogen-bond donors (Lipinski definition) is 1. The highest BCUT2D eigenvalue weighted by molar-refractivity contribution is 7.14. The summed E-state index contributed by atoms with van der Waals surface area (Å²) in [4.78, 5) is 1.17. The molecule has 0 saturated carbocycles. The normalized spacial score (nSPS) is 11.2. The van der Waals surface area contributed by atoms with Crippen LogP contribution in [0.2, 0.25) is 5.02 Å². The summed E-state index contributed by atoms with van der Waals surface area (Å²) in [5, 5.41) is 6.35. The van der Waals surface area contributed by atoms with Crippen molar-refractivity contribution < 1.29 is 0 Å². The first-order chi connectivity index (χ1) is 8.58. The highest BCUT2D eigenvalue weighted by Crippen LogP contribution is 2.35. The first-order valence-corrected chi connectivity index (χ1v) is 7.40. The Morgan fingerprint density at radius 2 is 2.06 bits per heavy atom. The molecular weight excluding hydrogens is 262 g/mol. The number of halogens is 1. The molecule has 0 bridgehead atoms. The number of aryl methyl sites for hydroxylation is 1. The van der Waals surface area contributed by atoms with E-state index in [4.69, 9.17) is 11.6 Å². The zero-order chi connectivity index (χ0) is 13.1. The van der Waals surface area contributed by atoms with E-state index < -0.39 is 0 Å². The number of thiophene rings is 1. The van der Waals surface area contributed by atoms with E-state index in [1.54, 1.807) is 11.3 Å². The Balaban J connectivity index is 2.38. The van der Waals surface area contributed by atoms with Crippen molar-refractivity contribution in [1.29, 1.82) is 0 Å². The van der Waals surface area contributed by atoms with E-state index in [0.717, 1.165) is 11.6 Å². The molecule has 1 aromatic heterocycles. The number of rotatable bonds is 4. The molecule has 0 fully saturated rings. The van der Waals surface area contributed by atoms with Crippen molar-refractivity contribution >= 4 is 22.9 Å². The molecule has 1 N–H and O–H groups in total. The second-order valence-corrected chi connectivity index (χ2v) is 6.12. The van der Waals surface area contributed by atoms with E-state index >= 15 is 0 Å². The molecule has 0 amide bonds. The first kappa shape index (κ1) is 13.6. The van der Waals surface area contributed by atoms with E-state index in [-0.39, 0.29) is 0 Å². The summed E-state index contributed by atoms with van der Waals surface area (Å²) >= 11 is 7.95. The minimum absolute atomic E-state index is 0.484. The van der Waals surface area contributed by atoms with Gasteiger partial charge in [0.05, 0.1) is 9.90 Å². The summed E-state index contributed by atoms with van der Waals surface area (Å²) in [7, 11) is 0. The fourth-order valence-electron chi connectivity index (χ4n) is 1.86. The second-order valence-electron chi connectivity index (χ2n) is 4.79. The van der Waals surface area contributed by atoms with Crippen LogP contribution in [0.5, 0.6) is 0 Å². The third-order valence-electron chi connectivity index (χ3n) is 2.83. The lowest BCUT2D eigenvalue weighted by Gasteiger charge is -2.13. The van der Waals surface area contributed by atoms with Crippen molar-refractivity contribution in [2.45, 2.75) is 33.4 Å². The van der Waals surface area contributed by atoms with Crippen molar-refractivity contribution in [2.24, 2.45) is 0 Å². The Labute approximate surface area is 118 Å². The van der Waals surface area contributed by atoms with Crippen molar-refractivity contribution in [3.8, 4) is 10.4 Å². The van der Waals surface area contributed by atoms with Crippen LogP contribution in [0, 0.1) is 6.92 Å². The van der Waals surface area contributed by atoms with Crippen LogP contribution in [0.25, 0.3) is 10.4 Å². The lowest BCUT2D eigenvalue weighted by atomic mass is 10.0. The topological polar surface area (TPSA) is 12.0 Å². The van der Waals surface area contributed by atoms with Gasteiger partial charge in [0.25, 0.3) is 0 Å². The van der Waals surface area contributed by atoms with E-state index in [1.807, 2.05) is 11.4 Å². The van der Waals surface area contributed by atoms with Crippen LogP contribution in [-0.2, 0) is 6.54 Å². The van der Waals surface area contributed by atoms with Crippen LogP contribution in [0.4, 0.5) is 0 Å². The van der Waals surface area contributed by atoms with Crippen LogP contribution in [0.3, 0.4) is 0 Å². The molecule has 0 aliphatic carbocycles. The molecule has 1 nitrogen and oxygen atoms in total. The minimum atomic E-state index is 0.484. The third-order valence-corrected chi connectivity index (χ3v) is 4.20. The average Bonchev–Trinajstić information content (AvgIpc) is 2.73. The highest BCUT2D eigenvalue weighted by atomic mass is 35.5. The maximum absolute atomic E-state index is 6.25. The quantitative estimate of drug-likeness (QED) is 0.841. The van der Waals surface area contributed by atoms with Crippen LogP contribution < -0.4 is 5.32 Å². The van der Waals surface area contributed by atoms with Crippen LogP contribution in [0.1, 0.15) is 25.0 Å². The summed E-state index contributed by atoms with van der Waals surface area (Å²) in [5.74, 6) is 0. The molecular formula is C15H18ClNS. The SMILES string of the molecule is Cc1ccc(CNC(C)C)c(-c2sccc2Cl)c1. The molecule has 0 saturated heterocycles. The molecule has 1 aromatic carbocycles. The van der Waals surface area contributed by atoms with Gasteiger partial charge in [-0.15, -0.1) is 11.3 Å². The average molecular weight is 280 g/mol. The van der Waals surface area contributed by atoms with Gasteiger partial charge in [0.2, 0.25) is 0 Å². The first-order valence-electron chi connectivity index (χ1n) is 6.14. The zero-order valence-corrected chi connectivity index (χ0v) is 12.5. The van der Waals surface area contributed by atoms with Gasteiger partial charge in [0.15, 0.2) is 0 Å². The number of nitrogens with one attached hydrogen (secondary N) is 1. The lowest BCUT2D eigenvalue weighted by Crippen LogP contribution is -2.22. The van der Waals surface area contributed by atoms with Gasteiger partial charge in [-0.2, -0.15) is 0 Å². The predicted octanol–water partition coefficient (Wildman–Crippen LogP) is 4.87. The molecule has 3 heteroatoms. The molecule has 96 valence electrons. The van der Waals surface area contributed by atoms with E-state index in [9.17, 15) is 0 Å². The van der Waals surface area contributed by atoms with Crippen molar-refractivity contribution in [3.63, 3.8) is 0 Å². The maximum Gasteiger partial charge on any atom is 0.0592 e. The maximum atomic E-state index is 6.25. The van der Waals surface area contributed by atoms with Gasteiger partial charge in [0.1, 0.15) is 0 Å². The second kappa shape index (κ2) is 5.87. The number of benzene rings is 1. The van der Waals surface area contributed by atoms with E-state index in [0.29, 0.717) is 6.04 Å². The van der Waals surface area contributed by atoms with Crippen LogP contribution >= 0.6 is 22.9 Å². The molecule has 2 rings (SSSR count). The molecule has 2 aromatic rings.